The number of nitrogens with zero attached hydrogens (tertiary/aromatic N) is 5. The molecule has 1 aromatic heterocycles. The van der Waals surface area contributed by atoms with E-state index >= 15 is 0 Å². The number of benzene rings is 2. The molecule has 0 atom stereocenters. The second-order valence-electron chi connectivity index (χ2n) is 5.79. The second-order valence-corrected chi connectivity index (χ2v) is 5.79. The number of aromatic nitrogens is 4. The van der Waals surface area contributed by atoms with Crippen molar-refractivity contribution in [2.75, 3.05) is 26.2 Å². The molecule has 150 valence electrons. The zero-order chi connectivity index (χ0) is 21.1. The highest BCUT2D eigenvalue weighted by Gasteiger charge is 2.24. The Kier molecular flexibility index (Phi) is 5.30. The zero-order valence-electron chi connectivity index (χ0n) is 15.8. The fourth-order valence-electron chi connectivity index (χ4n) is 2.65. The number of hydrogen-bond donors (Lipinski definition) is 1. The fourth-order valence-corrected chi connectivity index (χ4v) is 2.65. The molecule has 0 saturated carbocycles. The van der Waals surface area contributed by atoms with Crippen LogP contribution in [0.4, 0.5) is 10.5 Å². The number of methoxy groups -OCH3 is 2. The molecule has 0 aliphatic rings. The molecule has 1 N–H and O–H groups in total. The standard InChI is InChI=1S/C18H17N5O6/c1-21(13-10-11(16(24)25)8-9-15(13)29-3)17(26)23-18(27)22(19-20-23)12-6-4-5-7-14(12)28-2/h4-10H,1-3H3,(H,24,25). The number of carbonyl (C=O) groups is 2. The Balaban J connectivity index is 2.02. The van der Waals surface area contributed by atoms with Crippen LogP contribution in [0.25, 0.3) is 5.69 Å². The predicted octanol–water partition coefficient (Wildman–Crippen LogP) is 1.25. The van der Waals surface area contributed by atoms with E-state index in [1.165, 1.54) is 39.5 Å². The summed E-state index contributed by atoms with van der Waals surface area (Å²) in [6.07, 6.45) is 0. The number of amides is 1. The number of tetrazole rings is 1. The van der Waals surface area contributed by atoms with Gasteiger partial charge in [0, 0.05) is 7.05 Å². The number of carbonyl (C=O) groups excluding carboxylic acids is 1. The van der Waals surface area contributed by atoms with Gasteiger partial charge in [-0.1, -0.05) is 12.1 Å². The van der Waals surface area contributed by atoms with Crippen molar-refractivity contribution in [1.29, 1.82) is 0 Å². The summed E-state index contributed by atoms with van der Waals surface area (Å²) in [5.74, 6) is -0.552. The first-order valence-corrected chi connectivity index (χ1v) is 8.26. The molecule has 0 aliphatic heterocycles. The van der Waals surface area contributed by atoms with E-state index in [4.69, 9.17) is 9.47 Å². The average Bonchev–Trinajstić information content (AvgIpc) is 3.13. The molecule has 3 aromatic rings. The minimum absolute atomic E-state index is 0.0505. The normalized spacial score (nSPS) is 10.4. The number of aromatic carboxylic acids is 1. The van der Waals surface area contributed by atoms with E-state index in [0.29, 0.717) is 16.1 Å². The van der Waals surface area contributed by atoms with E-state index in [1.807, 2.05) is 0 Å². The lowest BCUT2D eigenvalue weighted by Gasteiger charge is -2.19. The lowest BCUT2D eigenvalue weighted by atomic mass is 10.2. The number of carboxylic acid groups (broad SMARTS) is 1. The summed E-state index contributed by atoms with van der Waals surface area (Å²) in [5, 5.41) is 16.6. The predicted molar refractivity (Wildman–Crippen MR) is 101 cm³/mol. The van der Waals surface area contributed by atoms with Gasteiger partial charge in [-0.05, 0) is 40.8 Å². The van der Waals surface area contributed by atoms with Gasteiger partial charge in [0.25, 0.3) is 0 Å². The van der Waals surface area contributed by atoms with E-state index in [9.17, 15) is 19.5 Å². The Hall–Kier alpha value is -4.15. The van der Waals surface area contributed by atoms with Crippen LogP contribution in [0.15, 0.2) is 47.3 Å². The van der Waals surface area contributed by atoms with Gasteiger partial charge in [-0.15, -0.1) is 4.68 Å². The summed E-state index contributed by atoms with van der Waals surface area (Å²) in [6.45, 7) is 0. The Morgan fingerprint density at radius 2 is 1.72 bits per heavy atom. The van der Waals surface area contributed by atoms with Gasteiger partial charge in [-0.2, -0.15) is 4.68 Å². The van der Waals surface area contributed by atoms with Crippen LogP contribution >= 0.6 is 0 Å². The minimum Gasteiger partial charge on any atom is -0.495 e. The summed E-state index contributed by atoms with van der Waals surface area (Å²) in [7, 11) is 4.18. The molecule has 0 radical (unpaired) electrons. The van der Waals surface area contributed by atoms with Gasteiger partial charge in [0.15, 0.2) is 0 Å². The Labute approximate surface area is 164 Å². The first-order valence-electron chi connectivity index (χ1n) is 8.26. The number of rotatable bonds is 5. The monoisotopic (exact) mass is 399 g/mol. The van der Waals surface area contributed by atoms with Crippen LogP contribution in [0.5, 0.6) is 11.5 Å². The highest BCUT2D eigenvalue weighted by Crippen LogP contribution is 2.29. The van der Waals surface area contributed by atoms with Crippen molar-refractivity contribution in [3.05, 3.63) is 58.5 Å². The van der Waals surface area contributed by atoms with Crippen LogP contribution in [0.3, 0.4) is 0 Å². The summed E-state index contributed by atoms with van der Waals surface area (Å²) in [4.78, 5) is 37.9. The summed E-state index contributed by atoms with van der Waals surface area (Å²) >= 11 is 0. The van der Waals surface area contributed by atoms with Crippen molar-refractivity contribution < 1.29 is 24.2 Å². The van der Waals surface area contributed by atoms with Crippen LogP contribution in [-0.2, 0) is 0 Å². The lowest BCUT2D eigenvalue weighted by molar-refractivity contribution is 0.0697. The van der Waals surface area contributed by atoms with Crippen molar-refractivity contribution in [3.63, 3.8) is 0 Å². The van der Waals surface area contributed by atoms with Crippen LogP contribution in [0, 0.1) is 0 Å². The van der Waals surface area contributed by atoms with E-state index in [-0.39, 0.29) is 17.0 Å². The quantitative estimate of drug-likeness (QED) is 0.635. The van der Waals surface area contributed by atoms with E-state index in [2.05, 4.69) is 10.4 Å². The topological polar surface area (TPSA) is 129 Å². The van der Waals surface area contributed by atoms with Gasteiger partial charge in [0.05, 0.1) is 25.5 Å². The van der Waals surface area contributed by atoms with Crippen LogP contribution in [0.2, 0.25) is 0 Å². The average molecular weight is 399 g/mol. The molecular weight excluding hydrogens is 382 g/mol. The molecule has 11 heteroatoms. The number of anilines is 1. The third kappa shape index (κ3) is 3.52. The summed E-state index contributed by atoms with van der Waals surface area (Å²) < 4.78 is 11.9. The van der Waals surface area contributed by atoms with Gasteiger partial charge < -0.3 is 14.6 Å². The molecule has 0 fully saturated rings. The molecule has 29 heavy (non-hydrogen) atoms. The first kappa shape index (κ1) is 19.6. The van der Waals surface area contributed by atoms with Crippen LogP contribution < -0.4 is 20.1 Å². The Morgan fingerprint density at radius 1 is 1.03 bits per heavy atom. The molecule has 11 nitrogen and oxygen atoms in total. The van der Waals surface area contributed by atoms with Gasteiger partial charge >= 0.3 is 17.7 Å². The molecule has 0 unspecified atom stereocenters. The van der Waals surface area contributed by atoms with Crippen molar-refractivity contribution in [1.82, 2.24) is 19.8 Å². The maximum absolute atomic E-state index is 12.9. The number of ether oxygens (including phenoxy) is 2. The molecule has 1 amide bonds. The Bertz CT molecular complexity index is 1140. The highest BCUT2D eigenvalue weighted by molar-refractivity contribution is 5.96. The molecule has 0 spiro atoms. The molecule has 0 bridgehead atoms. The van der Waals surface area contributed by atoms with Crippen molar-refractivity contribution in [2.45, 2.75) is 0 Å². The van der Waals surface area contributed by atoms with Crippen LogP contribution in [-0.4, -0.2) is 58.2 Å². The maximum Gasteiger partial charge on any atom is 0.377 e. The van der Waals surface area contributed by atoms with E-state index in [0.717, 1.165) is 9.58 Å². The molecular formula is C18H17N5O6. The largest absolute Gasteiger partial charge is 0.495 e. The highest BCUT2D eigenvalue weighted by atomic mass is 16.5. The second kappa shape index (κ2) is 7.84. The first-order chi connectivity index (χ1) is 13.9. The third-order valence-corrected chi connectivity index (χ3v) is 4.15. The molecule has 2 aromatic carbocycles. The third-order valence-electron chi connectivity index (χ3n) is 4.15. The smallest absolute Gasteiger partial charge is 0.377 e. The molecule has 0 saturated heterocycles. The number of hydrogen-bond acceptors (Lipinski definition) is 7. The van der Waals surface area contributed by atoms with Crippen LogP contribution in [0.1, 0.15) is 10.4 Å². The zero-order valence-corrected chi connectivity index (χ0v) is 15.8. The van der Waals surface area contributed by atoms with Gasteiger partial charge in [-0.25, -0.2) is 14.4 Å². The molecule has 3 rings (SSSR count). The van der Waals surface area contributed by atoms with E-state index in [1.54, 1.807) is 24.3 Å². The SMILES string of the molecule is COc1ccc(C(=O)O)cc1N(C)C(=O)n1nnn(-c2ccccc2OC)c1=O. The van der Waals surface area contributed by atoms with Crippen molar-refractivity contribution in [2.24, 2.45) is 0 Å². The Morgan fingerprint density at radius 3 is 2.38 bits per heavy atom. The van der Waals surface area contributed by atoms with Gasteiger partial charge in [0.1, 0.15) is 17.2 Å². The number of para-hydroxylation sites is 2. The van der Waals surface area contributed by atoms with Gasteiger partial charge in [-0.3, -0.25) is 4.90 Å². The van der Waals surface area contributed by atoms with E-state index < -0.39 is 17.7 Å². The number of carboxylic acids is 1. The summed E-state index contributed by atoms with van der Waals surface area (Å²) in [5.41, 5.74) is -0.409. The van der Waals surface area contributed by atoms with Crippen molar-refractivity contribution in [3.8, 4) is 17.2 Å². The fraction of sp³-hybridized carbons (Fsp3) is 0.167. The summed E-state index contributed by atoms with van der Waals surface area (Å²) in [6, 6.07) is 9.79. The van der Waals surface area contributed by atoms with Crippen molar-refractivity contribution >= 4 is 17.7 Å². The maximum atomic E-state index is 12.9. The molecule has 1 heterocycles. The minimum atomic E-state index is -1.17. The molecule has 0 aliphatic carbocycles. The van der Waals surface area contributed by atoms with Gasteiger partial charge in [0.2, 0.25) is 0 Å². The lowest BCUT2D eigenvalue weighted by Crippen LogP contribution is -2.39.